The number of thioether (sulfide) groups is 2. The number of sulfone groups is 1. The van der Waals surface area contributed by atoms with Crippen molar-refractivity contribution in [3.05, 3.63) is 19.6 Å². The third-order valence-electron chi connectivity index (χ3n) is 1.75. The van der Waals surface area contributed by atoms with Crippen LogP contribution in [-0.2, 0) is 14.6 Å². The largest absolute Gasteiger partial charge is 0.501 e. The zero-order valence-corrected chi connectivity index (χ0v) is 10.9. The Hall–Kier alpha value is -0.600. The summed E-state index contributed by atoms with van der Waals surface area (Å²) in [6.07, 6.45) is 0. The lowest BCUT2D eigenvalue weighted by molar-refractivity contribution is -0.131. The zero-order chi connectivity index (χ0) is 12.5. The molecule has 2 N–H and O–H groups in total. The Kier molecular flexibility index (Phi) is 3.97. The quantitative estimate of drug-likeness (QED) is 0.764. The number of carbonyl (C=O) groups is 1. The van der Waals surface area contributed by atoms with Gasteiger partial charge >= 0.3 is 5.97 Å². The van der Waals surface area contributed by atoms with Gasteiger partial charge in [0.05, 0.1) is 9.49 Å². The summed E-state index contributed by atoms with van der Waals surface area (Å²) >= 11 is 1.65. The topological polar surface area (TPSA) is 91.7 Å². The Labute approximate surface area is 102 Å². The molecule has 90 valence electrons. The fourth-order valence-corrected chi connectivity index (χ4v) is 4.52. The molecule has 8 heteroatoms. The maximum Gasteiger partial charge on any atom is 0.349 e. The van der Waals surface area contributed by atoms with Gasteiger partial charge in [-0.2, -0.15) is 0 Å². The molecule has 0 saturated heterocycles. The fourth-order valence-electron chi connectivity index (χ4n) is 0.908. The predicted octanol–water partition coefficient (Wildman–Crippen LogP) is 1.90. The van der Waals surface area contributed by atoms with E-state index in [1.165, 1.54) is 19.3 Å². The molecule has 0 atom stereocenters. The summed E-state index contributed by atoms with van der Waals surface area (Å²) in [5.41, 5.74) is 0. The number of hydrogen-bond donors (Lipinski definition) is 2. The molecule has 1 heterocycles. The molecule has 0 spiro atoms. The van der Waals surface area contributed by atoms with Crippen molar-refractivity contribution in [1.29, 1.82) is 0 Å². The standard InChI is InChI=1S/C8H10O5S3/c1-4(2)16(12,13)6(7(10)11)8-14-3-5(9)15-8/h3-4,9H,1-2H3,(H,10,11)/b8-6-. The van der Waals surface area contributed by atoms with Crippen LogP contribution in [0, 0.1) is 0 Å². The monoisotopic (exact) mass is 282 g/mol. The molecular formula is C8H10O5S3. The van der Waals surface area contributed by atoms with E-state index in [-0.39, 0.29) is 9.33 Å². The van der Waals surface area contributed by atoms with Crippen LogP contribution >= 0.6 is 23.5 Å². The smallest absolute Gasteiger partial charge is 0.349 e. The molecular weight excluding hydrogens is 272 g/mol. The normalized spacial score (nSPS) is 19.8. The third kappa shape index (κ3) is 2.55. The predicted molar refractivity (Wildman–Crippen MR) is 64.6 cm³/mol. The van der Waals surface area contributed by atoms with Crippen molar-refractivity contribution in [1.82, 2.24) is 0 Å². The van der Waals surface area contributed by atoms with Gasteiger partial charge < -0.3 is 10.2 Å². The van der Waals surface area contributed by atoms with Crippen LogP contribution in [0.5, 0.6) is 0 Å². The van der Waals surface area contributed by atoms with Gasteiger partial charge in [0.1, 0.15) is 0 Å². The molecule has 1 aliphatic heterocycles. The highest BCUT2D eigenvalue weighted by Gasteiger charge is 2.33. The van der Waals surface area contributed by atoms with Crippen molar-refractivity contribution in [2.45, 2.75) is 19.1 Å². The molecule has 0 bridgehead atoms. The molecule has 5 nitrogen and oxygen atoms in total. The highest BCUT2D eigenvalue weighted by molar-refractivity contribution is 8.28. The second kappa shape index (κ2) is 4.72. The van der Waals surface area contributed by atoms with Crippen LogP contribution < -0.4 is 0 Å². The maximum atomic E-state index is 11.8. The van der Waals surface area contributed by atoms with E-state index in [2.05, 4.69) is 0 Å². The number of carboxylic acid groups (broad SMARTS) is 1. The van der Waals surface area contributed by atoms with E-state index in [1.54, 1.807) is 0 Å². The van der Waals surface area contributed by atoms with E-state index in [1.807, 2.05) is 0 Å². The molecule has 0 aromatic carbocycles. The average molecular weight is 282 g/mol. The van der Waals surface area contributed by atoms with Crippen molar-refractivity contribution in [2.24, 2.45) is 0 Å². The molecule has 0 radical (unpaired) electrons. The van der Waals surface area contributed by atoms with E-state index < -0.39 is 26.0 Å². The van der Waals surface area contributed by atoms with Crippen molar-refractivity contribution >= 4 is 39.3 Å². The summed E-state index contributed by atoms with van der Waals surface area (Å²) in [5.74, 6) is -1.49. The molecule has 0 amide bonds. The van der Waals surface area contributed by atoms with Crippen LogP contribution in [0.3, 0.4) is 0 Å². The molecule has 1 aliphatic rings. The summed E-state index contributed by atoms with van der Waals surface area (Å²) in [6, 6.07) is 0. The van der Waals surface area contributed by atoms with Gasteiger partial charge in [-0.1, -0.05) is 11.8 Å². The first-order valence-corrected chi connectivity index (χ1v) is 7.46. The van der Waals surface area contributed by atoms with Crippen LogP contribution in [0.25, 0.3) is 0 Å². The lowest BCUT2D eigenvalue weighted by atomic mass is 10.6. The number of aliphatic carboxylic acids is 1. The van der Waals surface area contributed by atoms with E-state index in [9.17, 15) is 13.2 Å². The minimum atomic E-state index is -3.85. The SMILES string of the molecule is CC(C)S(=O)(=O)/C(C(=O)O)=C1/SC=C(O)S1. The van der Waals surface area contributed by atoms with E-state index in [4.69, 9.17) is 10.2 Å². The Balaban J connectivity index is 3.28. The van der Waals surface area contributed by atoms with Crippen LogP contribution in [0.15, 0.2) is 19.6 Å². The first-order chi connectivity index (χ1) is 7.26. The number of carboxylic acids is 1. The highest BCUT2D eigenvalue weighted by atomic mass is 32.2. The molecule has 0 unspecified atom stereocenters. The summed E-state index contributed by atoms with van der Waals surface area (Å²) in [7, 11) is -3.85. The number of hydrogen-bond acceptors (Lipinski definition) is 6. The lowest BCUT2D eigenvalue weighted by Crippen LogP contribution is -2.22. The first-order valence-electron chi connectivity index (χ1n) is 4.22. The number of aliphatic hydroxyl groups is 1. The molecule has 0 aromatic heterocycles. The summed E-state index contributed by atoms with van der Waals surface area (Å²) < 4.78 is 23.7. The third-order valence-corrected chi connectivity index (χ3v) is 6.36. The van der Waals surface area contributed by atoms with Gasteiger partial charge in [-0.15, -0.1) is 0 Å². The van der Waals surface area contributed by atoms with Crippen molar-refractivity contribution < 1.29 is 23.4 Å². The lowest BCUT2D eigenvalue weighted by Gasteiger charge is -2.10. The van der Waals surface area contributed by atoms with Gasteiger partial charge in [-0.05, 0) is 25.6 Å². The van der Waals surface area contributed by atoms with Crippen LogP contribution in [0.2, 0.25) is 0 Å². The van der Waals surface area contributed by atoms with Gasteiger partial charge in [0.2, 0.25) is 0 Å². The summed E-state index contributed by atoms with van der Waals surface area (Å²) in [5, 5.41) is 18.4. The number of aliphatic hydroxyl groups excluding tert-OH is 1. The average Bonchev–Trinajstić information content (AvgIpc) is 2.50. The second-order valence-corrected chi connectivity index (χ2v) is 7.80. The molecule has 0 saturated carbocycles. The van der Waals surface area contributed by atoms with E-state index in [0.29, 0.717) is 0 Å². The fraction of sp³-hybridized carbons (Fsp3) is 0.375. The minimum absolute atomic E-state index is 0.0821. The van der Waals surface area contributed by atoms with Crippen molar-refractivity contribution in [3.63, 3.8) is 0 Å². The molecule has 0 fully saturated rings. The van der Waals surface area contributed by atoms with Crippen LogP contribution in [0.1, 0.15) is 13.8 Å². The maximum absolute atomic E-state index is 11.8. The summed E-state index contributed by atoms with van der Waals surface area (Å²) in [6.45, 7) is 2.83. The van der Waals surface area contributed by atoms with Gasteiger partial charge in [0.25, 0.3) is 0 Å². The highest BCUT2D eigenvalue weighted by Crippen LogP contribution is 2.45. The molecule has 1 rings (SSSR count). The van der Waals surface area contributed by atoms with Crippen LogP contribution in [0.4, 0.5) is 0 Å². The van der Waals surface area contributed by atoms with Gasteiger partial charge in [0, 0.05) is 5.41 Å². The number of rotatable bonds is 3. The van der Waals surface area contributed by atoms with Gasteiger partial charge in [-0.3, -0.25) is 0 Å². The zero-order valence-electron chi connectivity index (χ0n) is 8.50. The molecule has 0 aromatic rings. The Morgan fingerprint density at radius 2 is 2.00 bits per heavy atom. The second-order valence-electron chi connectivity index (χ2n) is 3.19. The molecule has 0 aliphatic carbocycles. The minimum Gasteiger partial charge on any atom is -0.501 e. The first kappa shape index (κ1) is 13.5. The summed E-state index contributed by atoms with van der Waals surface area (Å²) in [4.78, 5) is 10.3. The molecule has 16 heavy (non-hydrogen) atoms. The van der Waals surface area contributed by atoms with E-state index >= 15 is 0 Å². The Bertz CT molecular complexity index is 472. The van der Waals surface area contributed by atoms with Gasteiger partial charge in [0.15, 0.2) is 19.8 Å². The Morgan fingerprint density at radius 3 is 2.31 bits per heavy atom. The van der Waals surface area contributed by atoms with Crippen molar-refractivity contribution in [3.8, 4) is 0 Å². The van der Waals surface area contributed by atoms with E-state index in [0.717, 1.165) is 23.5 Å². The van der Waals surface area contributed by atoms with Gasteiger partial charge in [-0.25, -0.2) is 13.2 Å². The van der Waals surface area contributed by atoms with Crippen molar-refractivity contribution in [2.75, 3.05) is 0 Å². The Morgan fingerprint density at radius 1 is 1.44 bits per heavy atom. The van der Waals surface area contributed by atoms with Crippen LogP contribution in [-0.4, -0.2) is 29.9 Å².